The van der Waals surface area contributed by atoms with Crippen molar-refractivity contribution in [3.05, 3.63) is 58.6 Å². The van der Waals surface area contributed by atoms with Crippen molar-refractivity contribution < 1.29 is 14.3 Å². The zero-order valence-electron chi connectivity index (χ0n) is 18.0. The molecular formula is C24H31ClN2O3. The quantitative estimate of drug-likeness (QED) is 0.651. The Balaban J connectivity index is 1.64. The summed E-state index contributed by atoms with van der Waals surface area (Å²) in [6.07, 6.45) is 2.72. The van der Waals surface area contributed by atoms with Crippen LogP contribution in [0.25, 0.3) is 0 Å². The summed E-state index contributed by atoms with van der Waals surface area (Å²) < 4.78 is 10.7. The second-order valence-electron chi connectivity index (χ2n) is 7.75. The van der Waals surface area contributed by atoms with E-state index in [4.69, 9.17) is 21.1 Å². The molecule has 1 saturated heterocycles. The van der Waals surface area contributed by atoms with Gasteiger partial charge in [-0.25, -0.2) is 0 Å². The monoisotopic (exact) mass is 430 g/mol. The molecule has 2 atom stereocenters. The molecule has 1 aliphatic heterocycles. The van der Waals surface area contributed by atoms with E-state index in [1.54, 1.807) is 14.2 Å². The lowest BCUT2D eigenvalue weighted by atomic mass is 9.95. The van der Waals surface area contributed by atoms with Gasteiger partial charge in [0.25, 0.3) is 0 Å². The Kier molecular flexibility index (Phi) is 8.00. The van der Waals surface area contributed by atoms with Gasteiger partial charge in [0.15, 0.2) is 11.5 Å². The molecule has 0 aromatic heterocycles. The molecule has 0 radical (unpaired) electrons. The minimum atomic E-state index is -0.0590. The van der Waals surface area contributed by atoms with Crippen LogP contribution in [-0.2, 0) is 11.3 Å². The Bertz CT molecular complexity index is 858. The van der Waals surface area contributed by atoms with Gasteiger partial charge in [0.2, 0.25) is 5.91 Å². The predicted molar refractivity (Wildman–Crippen MR) is 120 cm³/mol. The first-order chi connectivity index (χ1) is 14.5. The maximum absolute atomic E-state index is 13.1. The highest BCUT2D eigenvalue weighted by atomic mass is 35.5. The zero-order valence-corrected chi connectivity index (χ0v) is 18.7. The summed E-state index contributed by atoms with van der Waals surface area (Å²) in [6, 6.07) is 13.7. The number of hydrogen-bond donors (Lipinski definition) is 1. The number of ether oxygens (including phenoxy) is 2. The molecule has 30 heavy (non-hydrogen) atoms. The number of carbonyl (C=O) groups is 1. The van der Waals surface area contributed by atoms with E-state index < -0.39 is 0 Å². The largest absolute Gasteiger partial charge is 0.493 e. The van der Waals surface area contributed by atoms with E-state index in [0.717, 1.165) is 55.0 Å². The highest BCUT2D eigenvalue weighted by molar-refractivity contribution is 6.31. The maximum Gasteiger partial charge on any atom is 0.224 e. The second-order valence-corrected chi connectivity index (χ2v) is 8.16. The Hall–Kier alpha value is -2.24. The standard InChI is InChI=1S/C24H31ClN2O3/c1-4-21(17-11-12-22(29-2)23(14-17)30-3)26-24(28)19-9-7-13-27(16-19)15-18-8-5-6-10-20(18)25/h5-6,8,10-12,14,19,21H,4,7,9,13,15-16H2,1-3H3,(H,26,28)/t19-,21-/m0/s1. The minimum Gasteiger partial charge on any atom is -0.493 e. The molecule has 0 aliphatic carbocycles. The smallest absolute Gasteiger partial charge is 0.224 e. The number of likely N-dealkylation sites (tertiary alicyclic amines) is 1. The van der Waals surface area contributed by atoms with Crippen molar-refractivity contribution in [2.45, 2.75) is 38.8 Å². The summed E-state index contributed by atoms with van der Waals surface area (Å²) in [5.74, 6) is 1.45. The lowest BCUT2D eigenvalue weighted by molar-refractivity contribution is -0.127. The van der Waals surface area contributed by atoms with Gasteiger partial charge in [0.1, 0.15) is 0 Å². The molecule has 162 valence electrons. The van der Waals surface area contributed by atoms with Crippen LogP contribution in [0, 0.1) is 5.92 Å². The van der Waals surface area contributed by atoms with Crippen LogP contribution in [0.2, 0.25) is 5.02 Å². The van der Waals surface area contributed by atoms with E-state index in [2.05, 4.69) is 23.2 Å². The fourth-order valence-electron chi connectivity index (χ4n) is 4.06. The van der Waals surface area contributed by atoms with Crippen molar-refractivity contribution in [1.29, 1.82) is 0 Å². The Morgan fingerprint density at radius 1 is 1.20 bits per heavy atom. The molecule has 2 aromatic carbocycles. The van der Waals surface area contributed by atoms with E-state index in [-0.39, 0.29) is 17.9 Å². The molecule has 5 nitrogen and oxygen atoms in total. The van der Waals surface area contributed by atoms with Crippen LogP contribution in [0.1, 0.15) is 43.4 Å². The van der Waals surface area contributed by atoms with Crippen molar-refractivity contribution >= 4 is 17.5 Å². The Labute approximate surface area is 184 Å². The Morgan fingerprint density at radius 3 is 2.67 bits per heavy atom. The number of nitrogens with zero attached hydrogens (tertiary/aromatic N) is 1. The van der Waals surface area contributed by atoms with Crippen molar-refractivity contribution in [2.75, 3.05) is 27.3 Å². The summed E-state index contributed by atoms with van der Waals surface area (Å²) in [5.41, 5.74) is 2.13. The fourth-order valence-corrected chi connectivity index (χ4v) is 4.26. The van der Waals surface area contributed by atoms with Crippen LogP contribution in [0.3, 0.4) is 0 Å². The van der Waals surface area contributed by atoms with E-state index in [9.17, 15) is 4.79 Å². The van der Waals surface area contributed by atoms with Gasteiger partial charge in [-0.3, -0.25) is 9.69 Å². The molecule has 1 heterocycles. The van der Waals surface area contributed by atoms with Gasteiger partial charge in [-0.1, -0.05) is 42.8 Å². The molecule has 1 amide bonds. The van der Waals surface area contributed by atoms with Gasteiger partial charge in [0.05, 0.1) is 26.2 Å². The number of piperidine rings is 1. The van der Waals surface area contributed by atoms with Crippen LogP contribution in [0.4, 0.5) is 0 Å². The van der Waals surface area contributed by atoms with Gasteiger partial charge in [-0.15, -0.1) is 0 Å². The molecule has 3 rings (SSSR count). The highest BCUT2D eigenvalue weighted by Gasteiger charge is 2.27. The number of rotatable bonds is 8. The first-order valence-electron chi connectivity index (χ1n) is 10.5. The van der Waals surface area contributed by atoms with Gasteiger partial charge >= 0.3 is 0 Å². The number of benzene rings is 2. The third-order valence-corrected chi connectivity index (χ3v) is 6.13. The Morgan fingerprint density at radius 2 is 1.97 bits per heavy atom. The second kappa shape index (κ2) is 10.7. The lowest BCUT2D eigenvalue weighted by Gasteiger charge is -2.33. The molecule has 6 heteroatoms. The van der Waals surface area contributed by atoms with E-state index in [1.165, 1.54) is 0 Å². The van der Waals surface area contributed by atoms with Crippen molar-refractivity contribution in [3.8, 4) is 11.5 Å². The predicted octanol–water partition coefficient (Wildman–Crippen LogP) is 4.84. The average Bonchev–Trinajstić information content (AvgIpc) is 2.78. The normalized spacial score (nSPS) is 17.9. The average molecular weight is 431 g/mol. The molecule has 1 fully saturated rings. The topological polar surface area (TPSA) is 50.8 Å². The molecule has 0 bridgehead atoms. The number of amides is 1. The van der Waals surface area contributed by atoms with E-state index in [0.29, 0.717) is 11.5 Å². The van der Waals surface area contributed by atoms with Crippen molar-refractivity contribution in [1.82, 2.24) is 10.2 Å². The zero-order chi connectivity index (χ0) is 21.5. The SMILES string of the molecule is CC[C@H](NC(=O)[C@H]1CCCN(Cc2ccccc2Cl)C1)c1ccc(OC)c(OC)c1. The van der Waals surface area contributed by atoms with Crippen molar-refractivity contribution in [2.24, 2.45) is 5.92 Å². The fraction of sp³-hybridized carbons (Fsp3) is 0.458. The lowest BCUT2D eigenvalue weighted by Crippen LogP contribution is -2.43. The summed E-state index contributed by atoms with van der Waals surface area (Å²) >= 11 is 6.32. The van der Waals surface area contributed by atoms with Gasteiger partial charge < -0.3 is 14.8 Å². The molecule has 1 N–H and O–H groups in total. The van der Waals surface area contributed by atoms with Crippen LogP contribution in [-0.4, -0.2) is 38.1 Å². The first kappa shape index (κ1) is 22.4. The van der Waals surface area contributed by atoms with E-state index >= 15 is 0 Å². The number of hydrogen-bond acceptors (Lipinski definition) is 4. The van der Waals surface area contributed by atoms with Crippen LogP contribution >= 0.6 is 11.6 Å². The first-order valence-corrected chi connectivity index (χ1v) is 10.9. The van der Waals surface area contributed by atoms with Crippen LogP contribution < -0.4 is 14.8 Å². The molecule has 1 aliphatic rings. The number of halogens is 1. The third kappa shape index (κ3) is 5.46. The van der Waals surface area contributed by atoms with Gasteiger partial charge in [-0.2, -0.15) is 0 Å². The molecule has 0 saturated carbocycles. The summed E-state index contributed by atoms with van der Waals surface area (Å²) in [5, 5.41) is 4.03. The molecular weight excluding hydrogens is 400 g/mol. The number of nitrogens with one attached hydrogen (secondary N) is 1. The molecule has 0 unspecified atom stereocenters. The number of carbonyl (C=O) groups excluding carboxylic acids is 1. The maximum atomic E-state index is 13.1. The minimum absolute atomic E-state index is 0.0181. The van der Waals surface area contributed by atoms with Crippen LogP contribution in [0.15, 0.2) is 42.5 Å². The number of methoxy groups -OCH3 is 2. The molecule has 0 spiro atoms. The highest BCUT2D eigenvalue weighted by Crippen LogP contribution is 2.31. The summed E-state index contributed by atoms with van der Waals surface area (Å²) in [4.78, 5) is 15.4. The van der Waals surface area contributed by atoms with Crippen LogP contribution in [0.5, 0.6) is 11.5 Å². The van der Waals surface area contributed by atoms with E-state index in [1.807, 2.05) is 36.4 Å². The van der Waals surface area contributed by atoms with Gasteiger partial charge in [-0.05, 0) is 55.1 Å². The summed E-state index contributed by atoms with van der Waals surface area (Å²) in [7, 11) is 3.24. The molecule has 2 aromatic rings. The summed E-state index contributed by atoms with van der Waals surface area (Å²) in [6.45, 7) is 4.59. The van der Waals surface area contributed by atoms with Crippen molar-refractivity contribution in [3.63, 3.8) is 0 Å². The third-order valence-electron chi connectivity index (χ3n) is 5.76. The van der Waals surface area contributed by atoms with Gasteiger partial charge in [0, 0.05) is 18.1 Å².